The van der Waals surface area contributed by atoms with E-state index in [1.807, 2.05) is 49.4 Å². The van der Waals surface area contributed by atoms with E-state index in [0.717, 1.165) is 11.5 Å². The Morgan fingerprint density at radius 2 is 1.71 bits per heavy atom. The van der Waals surface area contributed by atoms with Gasteiger partial charge in [0.1, 0.15) is 11.5 Å². The maximum Gasteiger partial charge on any atom is 0.127 e. The van der Waals surface area contributed by atoms with Crippen LogP contribution in [-0.4, -0.2) is 0 Å². The van der Waals surface area contributed by atoms with Crippen LogP contribution in [0.3, 0.4) is 0 Å². The van der Waals surface area contributed by atoms with Crippen LogP contribution in [0.4, 0.5) is 0 Å². The molecule has 0 saturated carbocycles. The molecule has 1 aromatic heterocycles. The molecule has 1 heteroatoms. The summed E-state index contributed by atoms with van der Waals surface area (Å²) in [6.07, 6.45) is 4.01. The third kappa shape index (κ3) is 2.13. The van der Waals surface area contributed by atoms with Crippen LogP contribution in [0, 0.1) is 6.92 Å². The molecule has 0 saturated heterocycles. The van der Waals surface area contributed by atoms with Crippen molar-refractivity contribution < 1.29 is 4.42 Å². The minimum absolute atomic E-state index is 0.895. The second-order valence-corrected chi connectivity index (χ2v) is 3.19. The van der Waals surface area contributed by atoms with Crippen LogP contribution in [0.5, 0.6) is 0 Å². The summed E-state index contributed by atoms with van der Waals surface area (Å²) in [6.45, 7) is 1.94. The summed E-state index contributed by atoms with van der Waals surface area (Å²) in [5.74, 6) is 1.84. The van der Waals surface area contributed by atoms with Crippen LogP contribution in [0.25, 0.3) is 12.2 Å². The predicted molar refractivity (Wildman–Crippen MR) is 58.8 cm³/mol. The Labute approximate surface area is 83.7 Å². The Bertz CT molecular complexity index is 424. The van der Waals surface area contributed by atoms with Gasteiger partial charge in [-0.15, -0.1) is 0 Å². The molecule has 0 aliphatic rings. The Morgan fingerprint density at radius 1 is 0.929 bits per heavy atom. The average molecular weight is 184 g/mol. The molecule has 1 nitrogen and oxygen atoms in total. The molecule has 0 radical (unpaired) electrons. The highest BCUT2D eigenvalue weighted by molar-refractivity contribution is 5.67. The smallest absolute Gasteiger partial charge is 0.127 e. The van der Waals surface area contributed by atoms with Gasteiger partial charge in [0, 0.05) is 0 Å². The summed E-state index contributed by atoms with van der Waals surface area (Å²) in [6, 6.07) is 14.1. The van der Waals surface area contributed by atoms with E-state index in [4.69, 9.17) is 4.42 Å². The third-order valence-corrected chi connectivity index (χ3v) is 2.00. The summed E-state index contributed by atoms with van der Waals surface area (Å²) >= 11 is 0. The molecule has 70 valence electrons. The van der Waals surface area contributed by atoms with Crippen LogP contribution in [0.15, 0.2) is 46.9 Å². The predicted octanol–water partition coefficient (Wildman–Crippen LogP) is 3.76. The van der Waals surface area contributed by atoms with Crippen molar-refractivity contribution >= 4 is 12.2 Å². The largest absolute Gasteiger partial charge is 0.462 e. The van der Waals surface area contributed by atoms with Gasteiger partial charge >= 0.3 is 0 Å². The SMILES string of the molecule is Cc1ccc(/C=C\c2ccccc2)o1. The Morgan fingerprint density at radius 3 is 2.36 bits per heavy atom. The molecule has 0 N–H and O–H groups in total. The summed E-state index contributed by atoms with van der Waals surface area (Å²) in [5.41, 5.74) is 1.18. The summed E-state index contributed by atoms with van der Waals surface area (Å²) in [4.78, 5) is 0. The zero-order valence-corrected chi connectivity index (χ0v) is 8.10. The van der Waals surface area contributed by atoms with Gasteiger partial charge in [-0.05, 0) is 30.7 Å². The molecular weight excluding hydrogens is 172 g/mol. The molecule has 1 heterocycles. The minimum Gasteiger partial charge on any atom is -0.462 e. The first-order chi connectivity index (χ1) is 6.84. The molecule has 0 atom stereocenters. The molecule has 0 spiro atoms. The molecular formula is C13H12O. The zero-order valence-electron chi connectivity index (χ0n) is 8.10. The fraction of sp³-hybridized carbons (Fsp3) is 0.0769. The first kappa shape index (κ1) is 8.82. The molecule has 0 amide bonds. The highest BCUT2D eigenvalue weighted by atomic mass is 16.3. The summed E-state index contributed by atoms with van der Waals surface area (Å²) in [5, 5.41) is 0. The van der Waals surface area contributed by atoms with E-state index in [0.29, 0.717) is 0 Å². The van der Waals surface area contributed by atoms with E-state index < -0.39 is 0 Å². The van der Waals surface area contributed by atoms with E-state index >= 15 is 0 Å². The van der Waals surface area contributed by atoms with Crippen molar-refractivity contribution in [2.45, 2.75) is 6.92 Å². The lowest BCUT2D eigenvalue weighted by Gasteiger charge is -1.89. The second kappa shape index (κ2) is 3.97. The standard InChI is InChI=1S/C13H12O/c1-11-7-9-13(14-11)10-8-12-5-3-2-4-6-12/h2-10H,1H3/b10-8-. The number of hydrogen-bond acceptors (Lipinski definition) is 1. The van der Waals surface area contributed by atoms with Gasteiger partial charge in [-0.2, -0.15) is 0 Å². The Balaban J connectivity index is 2.15. The van der Waals surface area contributed by atoms with Gasteiger partial charge in [0.2, 0.25) is 0 Å². The van der Waals surface area contributed by atoms with Gasteiger partial charge in [-0.25, -0.2) is 0 Å². The fourth-order valence-electron chi connectivity index (χ4n) is 1.29. The molecule has 0 bridgehead atoms. The minimum atomic E-state index is 0.895. The number of hydrogen-bond donors (Lipinski definition) is 0. The van der Waals surface area contributed by atoms with Gasteiger partial charge in [-0.1, -0.05) is 36.4 Å². The highest BCUT2D eigenvalue weighted by Gasteiger charge is 1.91. The topological polar surface area (TPSA) is 13.1 Å². The lowest BCUT2D eigenvalue weighted by Crippen LogP contribution is -1.68. The van der Waals surface area contributed by atoms with Crippen LogP contribution in [0.1, 0.15) is 17.1 Å². The van der Waals surface area contributed by atoms with Gasteiger partial charge in [0.25, 0.3) is 0 Å². The molecule has 2 aromatic rings. The van der Waals surface area contributed by atoms with E-state index in [-0.39, 0.29) is 0 Å². The summed E-state index contributed by atoms with van der Waals surface area (Å²) in [7, 11) is 0. The normalized spacial score (nSPS) is 10.9. The van der Waals surface area contributed by atoms with Gasteiger partial charge in [0.15, 0.2) is 0 Å². The van der Waals surface area contributed by atoms with Crippen LogP contribution in [-0.2, 0) is 0 Å². The number of rotatable bonds is 2. The second-order valence-electron chi connectivity index (χ2n) is 3.19. The monoisotopic (exact) mass is 184 g/mol. The molecule has 1 aromatic carbocycles. The maximum atomic E-state index is 5.42. The van der Waals surface area contributed by atoms with Crippen molar-refractivity contribution in [3.8, 4) is 0 Å². The Kier molecular flexibility index (Phi) is 2.50. The molecule has 0 aliphatic heterocycles. The number of furan rings is 1. The molecule has 2 rings (SSSR count). The lowest BCUT2D eigenvalue weighted by molar-refractivity contribution is 0.525. The summed E-state index contributed by atoms with van der Waals surface area (Å²) < 4.78 is 5.42. The van der Waals surface area contributed by atoms with Crippen molar-refractivity contribution in [2.75, 3.05) is 0 Å². The van der Waals surface area contributed by atoms with Crippen molar-refractivity contribution in [3.05, 3.63) is 59.5 Å². The highest BCUT2D eigenvalue weighted by Crippen LogP contribution is 2.10. The maximum absolute atomic E-state index is 5.42. The van der Waals surface area contributed by atoms with Crippen LogP contribution >= 0.6 is 0 Å². The van der Waals surface area contributed by atoms with Crippen LogP contribution in [0.2, 0.25) is 0 Å². The van der Waals surface area contributed by atoms with Crippen molar-refractivity contribution in [2.24, 2.45) is 0 Å². The van der Waals surface area contributed by atoms with E-state index in [2.05, 4.69) is 12.1 Å². The van der Waals surface area contributed by atoms with Gasteiger partial charge < -0.3 is 4.42 Å². The Hall–Kier alpha value is -1.76. The van der Waals surface area contributed by atoms with Crippen molar-refractivity contribution in [1.29, 1.82) is 0 Å². The quantitative estimate of drug-likeness (QED) is 0.692. The first-order valence-electron chi connectivity index (χ1n) is 4.64. The van der Waals surface area contributed by atoms with Crippen molar-refractivity contribution in [1.82, 2.24) is 0 Å². The first-order valence-corrected chi connectivity index (χ1v) is 4.64. The number of aryl methyl sites for hydroxylation is 1. The van der Waals surface area contributed by atoms with E-state index in [9.17, 15) is 0 Å². The third-order valence-electron chi connectivity index (χ3n) is 2.00. The molecule has 0 fully saturated rings. The number of benzene rings is 1. The van der Waals surface area contributed by atoms with E-state index in [1.54, 1.807) is 0 Å². The fourth-order valence-corrected chi connectivity index (χ4v) is 1.29. The van der Waals surface area contributed by atoms with E-state index in [1.165, 1.54) is 5.56 Å². The lowest BCUT2D eigenvalue weighted by atomic mass is 10.2. The molecule has 0 unspecified atom stereocenters. The van der Waals surface area contributed by atoms with Gasteiger partial charge in [0.05, 0.1) is 0 Å². The van der Waals surface area contributed by atoms with Crippen LogP contribution < -0.4 is 0 Å². The van der Waals surface area contributed by atoms with Crippen molar-refractivity contribution in [3.63, 3.8) is 0 Å². The average Bonchev–Trinajstić information content (AvgIpc) is 2.63. The zero-order chi connectivity index (χ0) is 9.80. The molecule has 0 aliphatic carbocycles. The van der Waals surface area contributed by atoms with Gasteiger partial charge in [-0.3, -0.25) is 0 Å². The molecule has 14 heavy (non-hydrogen) atoms.